The Labute approximate surface area is 212 Å². The number of hydrogen-bond donors (Lipinski definition) is 4. The fourth-order valence-electron chi connectivity index (χ4n) is 3.63. The number of amides is 1. The lowest BCUT2D eigenvalue weighted by Gasteiger charge is -2.14. The first-order valence-corrected chi connectivity index (χ1v) is 11.4. The summed E-state index contributed by atoms with van der Waals surface area (Å²) in [7, 11) is 2.93. The van der Waals surface area contributed by atoms with Gasteiger partial charge in [0.2, 0.25) is 11.9 Å². The average molecular weight is 507 g/mol. The third kappa shape index (κ3) is 6.16. The van der Waals surface area contributed by atoms with Crippen LogP contribution in [0.25, 0.3) is 33.9 Å². The van der Waals surface area contributed by atoms with Crippen molar-refractivity contribution in [1.82, 2.24) is 30.2 Å². The number of benzene rings is 1. The van der Waals surface area contributed by atoms with Gasteiger partial charge in [-0.2, -0.15) is 0 Å². The van der Waals surface area contributed by atoms with Crippen LogP contribution in [0, 0.1) is 5.82 Å². The Bertz CT molecular complexity index is 1380. The minimum Gasteiger partial charge on any atom is -0.478 e. The molecular weight excluding hydrogens is 479 g/mol. The number of halogens is 1. The van der Waals surface area contributed by atoms with E-state index in [2.05, 4.69) is 35.6 Å². The highest BCUT2D eigenvalue weighted by Gasteiger charge is 2.18. The van der Waals surface area contributed by atoms with Crippen LogP contribution in [0.4, 0.5) is 16.2 Å². The summed E-state index contributed by atoms with van der Waals surface area (Å²) >= 11 is 0. The Kier molecular flexibility index (Phi) is 7.89. The molecular formula is C25H27FN8O3. The minimum absolute atomic E-state index is 0.0128. The van der Waals surface area contributed by atoms with Crippen molar-refractivity contribution in [3.05, 3.63) is 54.6 Å². The Hall–Kier alpha value is -4.58. The van der Waals surface area contributed by atoms with Gasteiger partial charge in [0, 0.05) is 37.2 Å². The highest BCUT2D eigenvalue weighted by atomic mass is 19.1. The molecule has 0 unspecified atom stereocenters. The zero-order valence-electron chi connectivity index (χ0n) is 20.6. The van der Waals surface area contributed by atoms with Gasteiger partial charge in [0.25, 0.3) is 5.88 Å². The average Bonchev–Trinajstić information content (AvgIpc) is 3.34. The molecule has 11 nitrogen and oxygen atoms in total. The number of nitrogen functional groups attached to an aromatic ring is 1. The van der Waals surface area contributed by atoms with Crippen molar-refractivity contribution in [2.75, 3.05) is 38.4 Å². The zero-order valence-corrected chi connectivity index (χ0v) is 20.6. The molecule has 0 fully saturated rings. The number of carbonyl (C=O) groups excluding carboxylic acids is 1. The van der Waals surface area contributed by atoms with Gasteiger partial charge in [-0.05, 0) is 48.9 Å². The van der Waals surface area contributed by atoms with Crippen molar-refractivity contribution in [3.63, 3.8) is 0 Å². The number of nitrogens with one attached hydrogen (secondary N) is 3. The van der Waals surface area contributed by atoms with Gasteiger partial charge < -0.3 is 30.8 Å². The van der Waals surface area contributed by atoms with Crippen LogP contribution in [0.1, 0.15) is 6.92 Å². The fraction of sp³-hybridized carbons (Fsp3) is 0.240. The van der Waals surface area contributed by atoms with E-state index in [0.29, 0.717) is 35.1 Å². The van der Waals surface area contributed by atoms with E-state index in [1.807, 2.05) is 13.0 Å². The van der Waals surface area contributed by atoms with Gasteiger partial charge in [-0.3, -0.25) is 4.79 Å². The number of aromatic nitrogens is 5. The highest BCUT2D eigenvalue weighted by molar-refractivity contribution is 5.83. The summed E-state index contributed by atoms with van der Waals surface area (Å²) in [5, 5.41) is 5.95. The second kappa shape index (κ2) is 11.4. The van der Waals surface area contributed by atoms with Gasteiger partial charge in [0.15, 0.2) is 5.82 Å². The quantitative estimate of drug-likeness (QED) is 0.254. The molecule has 4 aromatic rings. The fourth-order valence-corrected chi connectivity index (χ4v) is 3.63. The van der Waals surface area contributed by atoms with E-state index in [1.165, 1.54) is 26.4 Å². The molecule has 3 heterocycles. The number of carbonyl (C=O) groups is 1. The van der Waals surface area contributed by atoms with E-state index in [9.17, 15) is 9.18 Å². The summed E-state index contributed by atoms with van der Waals surface area (Å²) in [6.45, 7) is 2.24. The first kappa shape index (κ1) is 25.5. The molecule has 4 rings (SSSR count). The number of rotatable bonds is 10. The molecule has 1 amide bonds. The lowest BCUT2D eigenvalue weighted by Crippen LogP contribution is -2.39. The van der Waals surface area contributed by atoms with E-state index in [0.717, 1.165) is 11.3 Å². The molecule has 37 heavy (non-hydrogen) atoms. The Morgan fingerprint density at radius 2 is 1.92 bits per heavy atom. The first-order valence-electron chi connectivity index (χ1n) is 11.4. The van der Waals surface area contributed by atoms with Crippen LogP contribution in [0.5, 0.6) is 5.88 Å². The molecule has 5 N–H and O–H groups in total. The molecule has 0 saturated heterocycles. The van der Waals surface area contributed by atoms with Crippen molar-refractivity contribution in [1.29, 1.82) is 0 Å². The predicted molar refractivity (Wildman–Crippen MR) is 137 cm³/mol. The van der Waals surface area contributed by atoms with E-state index in [4.69, 9.17) is 15.2 Å². The maximum atomic E-state index is 13.5. The molecule has 0 bridgehead atoms. The van der Waals surface area contributed by atoms with Gasteiger partial charge in [0.05, 0.1) is 30.4 Å². The number of nitrogens with two attached hydrogens (primary N) is 1. The first-order chi connectivity index (χ1) is 17.9. The van der Waals surface area contributed by atoms with E-state index in [1.54, 1.807) is 30.6 Å². The standard InChI is InChI=1S/C25H27FN8O3/c1-14(31-21(35)13-36-2)11-30-25-28-9-8-18(34-25)22-17(20-12-29-23(27)24(33-20)37-3)10-19(32-22)15-4-6-16(26)7-5-15/h4-10,12,14,32H,11,13H2,1-3H3,(H2,27,29)(H,31,35)(H,28,30,34)/t14-/m0/s1. The Morgan fingerprint density at radius 3 is 2.65 bits per heavy atom. The van der Waals surface area contributed by atoms with Gasteiger partial charge >= 0.3 is 0 Å². The number of ether oxygens (including phenoxy) is 2. The van der Waals surface area contributed by atoms with Crippen molar-refractivity contribution in [2.45, 2.75) is 13.0 Å². The molecule has 0 saturated carbocycles. The molecule has 0 radical (unpaired) electrons. The molecule has 3 aromatic heterocycles. The number of aromatic amines is 1. The van der Waals surface area contributed by atoms with Crippen molar-refractivity contribution < 1.29 is 18.7 Å². The lowest BCUT2D eigenvalue weighted by atomic mass is 10.1. The van der Waals surface area contributed by atoms with Crippen LogP contribution in [0.2, 0.25) is 0 Å². The monoisotopic (exact) mass is 506 g/mol. The second-order valence-corrected chi connectivity index (χ2v) is 8.18. The van der Waals surface area contributed by atoms with Crippen molar-refractivity contribution >= 4 is 17.7 Å². The zero-order chi connectivity index (χ0) is 26.4. The molecule has 0 aliphatic rings. The Morgan fingerprint density at radius 1 is 1.14 bits per heavy atom. The molecule has 0 spiro atoms. The van der Waals surface area contributed by atoms with Crippen LogP contribution in [0.3, 0.4) is 0 Å². The van der Waals surface area contributed by atoms with Crippen LogP contribution in [-0.2, 0) is 9.53 Å². The molecule has 1 aromatic carbocycles. The summed E-state index contributed by atoms with van der Waals surface area (Å²) in [6.07, 6.45) is 3.17. The molecule has 0 aliphatic heterocycles. The van der Waals surface area contributed by atoms with Gasteiger partial charge in [-0.15, -0.1) is 0 Å². The third-order valence-electron chi connectivity index (χ3n) is 5.37. The van der Waals surface area contributed by atoms with Crippen molar-refractivity contribution in [2.24, 2.45) is 0 Å². The number of hydrogen-bond acceptors (Lipinski definition) is 9. The van der Waals surface area contributed by atoms with Gasteiger partial charge in [-0.1, -0.05) is 0 Å². The summed E-state index contributed by atoms with van der Waals surface area (Å²) < 4.78 is 23.6. The van der Waals surface area contributed by atoms with Crippen LogP contribution < -0.4 is 21.1 Å². The molecule has 1 atom stereocenters. The summed E-state index contributed by atoms with van der Waals surface area (Å²) in [5.41, 5.74) is 9.78. The Balaban J connectivity index is 1.68. The summed E-state index contributed by atoms with van der Waals surface area (Å²) in [4.78, 5) is 32.7. The highest BCUT2D eigenvalue weighted by Crippen LogP contribution is 2.35. The number of nitrogens with zero attached hydrogens (tertiary/aromatic N) is 4. The summed E-state index contributed by atoms with van der Waals surface area (Å²) in [6, 6.07) is 9.58. The number of anilines is 2. The van der Waals surface area contributed by atoms with Crippen LogP contribution in [0.15, 0.2) is 48.8 Å². The molecule has 12 heteroatoms. The van der Waals surface area contributed by atoms with Crippen molar-refractivity contribution in [3.8, 4) is 39.8 Å². The lowest BCUT2D eigenvalue weighted by molar-refractivity contribution is -0.125. The van der Waals surface area contributed by atoms with Gasteiger partial charge in [0.1, 0.15) is 12.4 Å². The topological polar surface area (TPSA) is 153 Å². The summed E-state index contributed by atoms with van der Waals surface area (Å²) in [5.74, 6) is 0.194. The van der Waals surface area contributed by atoms with Gasteiger partial charge in [-0.25, -0.2) is 24.3 Å². The second-order valence-electron chi connectivity index (χ2n) is 8.18. The maximum Gasteiger partial charge on any atom is 0.257 e. The smallest absolute Gasteiger partial charge is 0.257 e. The molecule has 0 aliphatic carbocycles. The SMILES string of the molecule is COCC(=O)N[C@@H](C)CNc1nccc(-c2[nH]c(-c3ccc(F)cc3)cc2-c2cnc(N)c(OC)n2)n1. The predicted octanol–water partition coefficient (Wildman–Crippen LogP) is 2.89. The number of H-pyrrole nitrogens is 1. The van der Waals surface area contributed by atoms with E-state index >= 15 is 0 Å². The maximum absolute atomic E-state index is 13.5. The minimum atomic E-state index is -0.330. The number of methoxy groups -OCH3 is 2. The largest absolute Gasteiger partial charge is 0.478 e. The van der Waals surface area contributed by atoms with E-state index < -0.39 is 0 Å². The normalized spacial score (nSPS) is 11.7. The third-order valence-corrected chi connectivity index (χ3v) is 5.37. The van der Waals surface area contributed by atoms with E-state index in [-0.39, 0.29) is 36.1 Å². The van der Waals surface area contributed by atoms with Crippen LogP contribution in [-0.4, -0.2) is 64.2 Å². The molecule has 192 valence electrons. The van der Waals surface area contributed by atoms with Crippen LogP contribution >= 0.6 is 0 Å².